The van der Waals surface area contributed by atoms with Crippen molar-refractivity contribution in [1.82, 2.24) is 10.2 Å². The third-order valence-electron chi connectivity index (χ3n) is 4.33. The summed E-state index contributed by atoms with van der Waals surface area (Å²) in [6, 6.07) is 7.85. The van der Waals surface area contributed by atoms with E-state index in [4.69, 9.17) is 5.26 Å². The number of nitriles is 1. The van der Waals surface area contributed by atoms with Crippen molar-refractivity contribution in [2.24, 2.45) is 0 Å². The molecule has 0 bridgehead atoms. The van der Waals surface area contributed by atoms with E-state index in [0.29, 0.717) is 29.8 Å². The summed E-state index contributed by atoms with van der Waals surface area (Å²) < 4.78 is 13.9. The Morgan fingerprint density at radius 3 is 2.60 bits per heavy atom. The Morgan fingerprint density at radius 1 is 1.35 bits per heavy atom. The average Bonchev–Trinajstić information content (AvgIpc) is 2.49. The molecule has 1 aliphatic carbocycles. The topological polar surface area (TPSA) is 39.1 Å². The minimum Gasteiger partial charge on any atom is -0.317 e. The maximum Gasteiger partial charge on any atom is 0.129 e. The van der Waals surface area contributed by atoms with Gasteiger partial charge in [-0.3, -0.25) is 4.90 Å². The summed E-state index contributed by atoms with van der Waals surface area (Å²) in [7, 11) is 4.07. The minimum atomic E-state index is -0.278. The van der Waals surface area contributed by atoms with Crippen LogP contribution in [0.2, 0.25) is 0 Å². The first kappa shape index (κ1) is 15.0. The van der Waals surface area contributed by atoms with Crippen LogP contribution in [0.15, 0.2) is 18.2 Å². The van der Waals surface area contributed by atoms with E-state index in [2.05, 4.69) is 17.3 Å². The maximum atomic E-state index is 13.9. The summed E-state index contributed by atoms with van der Waals surface area (Å²) in [5.41, 5.74) is 1.05. The highest BCUT2D eigenvalue weighted by molar-refractivity contribution is 5.32. The van der Waals surface area contributed by atoms with Crippen molar-refractivity contribution in [2.75, 3.05) is 14.1 Å². The lowest BCUT2D eigenvalue weighted by Gasteiger charge is -2.34. The van der Waals surface area contributed by atoms with E-state index in [0.717, 1.165) is 12.8 Å². The predicted molar refractivity (Wildman–Crippen MR) is 77.7 cm³/mol. The first-order valence-corrected chi connectivity index (χ1v) is 7.20. The highest BCUT2D eigenvalue weighted by Crippen LogP contribution is 2.24. The molecule has 0 radical (unpaired) electrons. The van der Waals surface area contributed by atoms with Gasteiger partial charge in [0.05, 0.1) is 11.6 Å². The van der Waals surface area contributed by atoms with Gasteiger partial charge in [0.2, 0.25) is 0 Å². The summed E-state index contributed by atoms with van der Waals surface area (Å²) >= 11 is 0. The number of hydrogen-bond donors (Lipinski definition) is 1. The smallest absolute Gasteiger partial charge is 0.129 e. The van der Waals surface area contributed by atoms with Crippen LogP contribution in [0.25, 0.3) is 0 Å². The maximum absolute atomic E-state index is 13.9. The fraction of sp³-hybridized carbons (Fsp3) is 0.562. The average molecular weight is 275 g/mol. The first-order chi connectivity index (χ1) is 9.63. The quantitative estimate of drug-likeness (QED) is 0.918. The Kier molecular flexibility index (Phi) is 5.11. The molecular weight excluding hydrogens is 253 g/mol. The Hall–Kier alpha value is -1.44. The molecule has 2 rings (SSSR count). The highest BCUT2D eigenvalue weighted by atomic mass is 19.1. The van der Waals surface area contributed by atoms with Crippen LogP contribution in [0.3, 0.4) is 0 Å². The van der Waals surface area contributed by atoms with Crippen molar-refractivity contribution < 1.29 is 4.39 Å². The van der Waals surface area contributed by atoms with Crippen LogP contribution in [-0.4, -0.2) is 31.1 Å². The molecule has 0 unspecified atom stereocenters. The fourth-order valence-electron chi connectivity index (χ4n) is 2.95. The Bertz CT molecular complexity index is 487. The van der Waals surface area contributed by atoms with Gasteiger partial charge in [0.15, 0.2) is 0 Å². The second-order valence-electron chi connectivity index (χ2n) is 5.63. The summed E-state index contributed by atoms with van der Waals surface area (Å²) in [4.78, 5) is 2.23. The van der Waals surface area contributed by atoms with E-state index in [1.54, 1.807) is 12.1 Å². The number of halogens is 1. The molecule has 3 nitrogen and oxygen atoms in total. The lowest BCUT2D eigenvalue weighted by atomic mass is 9.90. The van der Waals surface area contributed by atoms with E-state index in [-0.39, 0.29) is 5.82 Å². The van der Waals surface area contributed by atoms with Gasteiger partial charge in [-0.2, -0.15) is 5.26 Å². The van der Waals surface area contributed by atoms with Crippen molar-refractivity contribution in [3.8, 4) is 6.07 Å². The molecule has 1 saturated carbocycles. The monoisotopic (exact) mass is 275 g/mol. The molecule has 1 aliphatic rings. The van der Waals surface area contributed by atoms with Gasteiger partial charge in [0.25, 0.3) is 0 Å². The van der Waals surface area contributed by atoms with Gasteiger partial charge in [0.1, 0.15) is 5.82 Å². The molecule has 1 N–H and O–H groups in total. The van der Waals surface area contributed by atoms with Crippen LogP contribution in [0.4, 0.5) is 4.39 Å². The zero-order chi connectivity index (χ0) is 14.5. The zero-order valence-corrected chi connectivity index (χ0v) is 12.2. The van der Waals surface area contributed by atoms with Crippen LogP contribution in [0.5, 0.6) is 0 Å². The van der Waals surface area contributed by atoms with E-state index in [9.17, 15) is 4.39 Å². The van der Waals surface area contributed by atoms with E-state index in [1.165, 1.54) is 18.9 Å². The molecule has 0 heterocycles. The number of rotatable bonds is 4. The molecule has 1 aromatic rings. The van der Waals surface area contributed by atoms with Gasteiger partial charge in [-0.15, -0.1) is 0 Å². The van der Waals surface area contributed by atoms with Gasteiger partial charge in [-0.05, 0) is 51.9 Å². The van der Waals surface area contributed by atoms with Crippen molar-refractivity contribution in [3.63, 3.8) is 0 Å². The molecule has 20 heavy (non-hydrogen) atoms. The summed E-state index contributed by atoms with van der Waals surface area (Å²) in [6.45, 7) is 0.604. The minimum absolute atomic E-state index is 0.278. The highest BCUT2D eigenvalue weighted by Gasteiger charge is 2.23. The molecule has 0 saturated heterocycles. The van der Waals surface area contributed by atoms with Crippen molar-refractivity contribution in [3.05, 3.63) is 35.1 Å². The molecule has 108 valence electrons. The molecule has 1 aromatic carbocycles. The van der Waals surface area contributed by atoms with Gasteiger partial charge in [-0.1, -0.05) is 6.07 Å². The summed E-state index contributed by atoms with van der Waals surface area (Å²) in [5, 5.41) is 12.1. The predicted octanol–water partition coefficient (Wildman–Crippen LogP) is 2.66. The van der Waals surface area contributed by atoms with Gasteiger partial charge < -0.3 is 5.32 Å². The molecule has 0 aliphatic heterocycles. The second-order valence-corrected chi connectivity index (χ2v) is 5.63. The van der Waals surface area contributed by atoms with E-state index >= 15 is 0 Å². The number of nitrogens with one attached hydrogen (secondary N) is 1. The summed E-state index contributed by atoms with van der Waals surface area (Å²) in [6.07, 6.45) is 4.67. The van der Waals surface area contributed by atoms with Gasteiger partial charge >= 0.3 is 0 Å². The van der Waals surface area contributed by atoms with E-state index in [1.807, 2.05) is 13.1 Å². The van der Waals surface area contributed by atoms with Crippen molar-refractivity contribution in [1.29, 1.82) is 5.26 Å². The van der Waals surface area contributed by atoms with Crippen LogP contribution in [0.1, 0.15) is 36.8 Å². The second kappa shape index (κ2) is 6.83. The molecule has 0 spiro atoms. The Balaban J connectivity index is 1.95. The number of hydrogen-bond acceptors (Lipinski definition) is 3. The van der Waals surface area contributed by atoms with Crippen LogP contribution in [-0.2, 0) is 6.54 Å². The zero-order valence-electron chi connectivity index (χ0n) is 12.2. The van der Waals surface area contributed by atoms with Gasteiger partial charge in [0, 0.05) is 24.2 Å². The molecule has 4 heteroatoms. The van der Waals surface area contributed by atoms with Gasteiger partial charge in [-0.25, -0.2) is 4.39 Å². The lowest BCUT2D eigenvalue weighted by Crippen LogP contribution is -2.39. The standard InChI is InChI=1S/C16H22FN3/c1-19-14-5-7-15(8-6-14)20(2)11-13-4-3-12(10-18)9-16(13)17/h3-4,9,14-15,19H,5-8,11H2,1-2H3. The van der Waals surface area contributed by atoms with E-state index < -0.39 is 0 Å². The molecule has 0 amide bonds. The number of benzene rings is 1. The molecule has 0 aromatic heterocycles. The van der Waals surface area contributed by atoms with Crippen LogP contribution < -0.4 is 5.32 Å². The fourth-order valence-corrected chi connectivity index (χ4v) is 2.95. The molecule has 1 fully saturated rings. The summed E-state index contributed by atoms with van der Waals surface area (Å²) in [5.74, 6) is -0.278. The van der Waals surface area contributed by atoms with Crippen LogP contribution >= 0.6 is 0 Å². The number of nitrogens with zero attached hydrogens (tertiary/aromatic N) is 2. The van der Waals surface area contributed by atoms with Crippen molar-refractivity contribution >= 4 is 0 Å². The largest absolute Gasteiger partial charge is 0.317 e. The normalized spacial score (nSPS) is 22.8. The SMILES string of the molecule is CNC1CCC(N(C)Cc2ccc(C#N)cc2F)CC1. The lowest BCUT2D eigenvalue weighted by molar-refractivity contribution is 0.168. The molecular formula is C16H22FN3. The first-order valence-electron chi connectivity index (χ1n) is 7.20. The Labute approximate surface area is 120 Å². The van der Waals surface area contributed by atoms with Crippen LogP contribution in [0, 0.1) is 17.1 Å². The van der Waals surface area contributed by atoms with Crippen molar-refractivity contribution in [2.45, 2.75) is 44.3 Å². The molecule has 0 atom stereocenters. The third-order valence-corrected chi connectivity index (χ3v) is 4.33. The third kappa shape index (κ3) is 3.56. The Morgan fingerprint density at radius 2 is 2.05 bits per heavy atom.